The van der Waals surface area contributed by atoms with Gasteiger partial charge in [0.05, 0.1) is 4.88 Å². The molecule has 0 aromatic carbocycles. The van der Waals surface area contributed by atoms with Gasteiger partial charge >= 0.3 is 0 Å². The van der Waals surface area contributed by atoms with Crippen molar-refractivity contribution in [3.05, 3.63) is 16.5 Å². The van der Waals surface area contributed by atoms with E-state index in [1.165, 1.54) is 20.9 Å². The highest BCUT2D eigenvalue weighted by atomic mass is 32.2. The smallest absolute Gasteiger partial charge is 0.241 e. The number of nitrogen functional groups attached to an aromatic ring is 2. The molecule has 16 heavy (non-hydrogen) atoms. The zero-order valence-corrected chi connectivity index (χ0v) is 10.1. The second-order valence-corrected chi connectivity index (χ2v) is 5.86. The van der Waals surface area contributed by atoms with Crippen LogP contribution >= 0.6 is 23.1 Å². The maximum atomic E-state index is 5.76. The fraction of sp³-hybridized carbons (Fsp3) is 0.333. The van der Waals surface area contributed by atoms with Crippen LogP contribution in [0, 0.1) is 0 Å². The highest BCUT2D eigenvalue weighted by Crippen LogP contribution is 2.36. The van der Waals surface area contributed by atoms with Gasteiger partial charge in [-0.3, -0.25) is 0 Å². The molecular formula is C9H11N5S2. The molecule has 4 N–H and O–H groups in total. The Morgan fingerprint density at radius 1 is 1.38 bits per heavy atom. The summed E-state index contributed by atoms with van der Waals surface area (Å²) in [5.41, 5.74) is 6.97. The summed E-state index contributed by atoms with van der Waals surface area (Å²) in [5, 5.41) is 7.76. The number of fused-ring (bicyclic) bond motifs is 1. The summed E-state index contributed by atoms with van der Waals surface area (Å²) in [5.74, 6) is 8.94. The number of nitrogens with two attached hydrogens (primary N) is 2. The second-order valence-electron chi connectivity index (χ2n) is 3.61. The third kappa shape index (κ3) is 1.47. The van der Waals surface area contributed by atoms with Crippen LogP contribution in [-0.2, 0) is 12.2 Å². The van der Waals surface area contributed by atoms with Crippen LogP contribution in [0.3, 0.4) is 0 Å². The molecule has 0 amide bonds. The van der Waals surface area contributed by atoms with Crippen LogP contribution in [0.15, 0.2) is 6.07 Å². The number of anilines is 1. The number of thiophene rings is 1. The summed E-state index contributed by atoms with van der Waals surface area (Å²) in [7, 11) is 0. The monoisotopic (exact) mass is 253 g/mol. The lowest BCUT2D eigenvalue weighted by molar-refractivity contribution is 1.03. The van der Waals surface area contributed by atoms with Crippen LogP contribution in [0.1, 0.15) is 10.4 Å². The zero-order valence-electron chi connectivity index (χ0n) is 8.51. The Morgan fingerprint density at radius 3 is 2.94 bits per heavy atom. The van der Waals surface area contributed by atoms with Gasteiger partial charge in [0, 0.05) is 10.6 Å². The van der Waals surface area contributed by atoms with E-state index in [0.29, 0.717) is 5.82 Å². The van der Waals surface area contributed by atoms with Crippen molar-refractivity contribution in [1.82, 2.24) is 14.9 Å². The number of rotatable bonds is 1. The first-order chi connectivity index (χ1) is 7.75. The topological polar surface area (TPSA) is 82.8 Å². The molecule has 1 aliphatic rings. The molecule has 0 saturated carbocycles. The largest absolute Gasteiger partial charge is 0.366 e. The molecule has 2 aromatic heterocycles. The van der Waals surface area contributed by atoms with E-state index < -0.39 is 0 Å². The Kier molecular flexibility index (Phi) is 2.29. The first-order valence-electron chi connectivity index (χ1n) is 4.91. The van der Waals surface area contributed by atoms with Crippen molar-refractivity contribution < 1.29 is 0 Å². The summed E-state index contributed by atoms with van der Waals surface area (Å²) in [4.78, 5) is 2.49. The third-order valence-electron chi connectivity index (χ3n) is 2.57. The fourth-order valence-corrected chi connectivity index (χ4v) is 4.08. The summed E-state index contributed by atoms with van der Waals surface area (Å²) in [6.07, 6.45) is 1.14. The van der Waals surface area contributed by atoms with Gasteiger partial charge in [0.1, 0.15) is 0 Å². The SMILES string of the molecule is Nc1nnc(-c2cc3c(s2)CCSC3)n1N. The maximum Gasteiger partial charge on any atom is 0.241 e. The van der Waals surface area contributed by atoms with Crippen molar-refractivity contribution in [1.29, 1.82) is 0 Å². The highest BCUT2D eigenvalue weighted by Gasteiger charge is 2.18. The summed E-state index contributed by atoms with van der Waals surface area (Å²) < 4.78 is 1.34. The standard InChI is InChI=1S/C9H11N5S2/c10-9-13-12-8(14(9)11)7-3-5-4-15-2-1-6(5)16-7/h3H,1-2,4,11H2,(H2,10,13). The van der Waals surface area contributed by atoms with Gasteiger partial charge < -0.3 is 11.6 Å². The van der Waals surface area contributed by atoms with E-state index in [1.54, 1.807) is 11.3 Å². The molecule has 0 unspecified atom stereocenters. The van der Waals surface area contributed by atoms with Crippen LogP contribution in [0.4, 0.5) is 5.95 Å². The van der Waals surface area contributed by atoms with Crippen molar-refractivity contribution >= 4 is 29.0 Å². The predicted octanol–water partition coefficient (Wildman–Crippen LogP) is 1.09. The molecule has 0 bridgehead atoms. The van der Waals surface area contributed by atoms with E-state index in [1.807, 2.05) is 11.8 Å². The van der Waals surface area contributed by atoms with Gasteiger partial charge in [0.25, 0.3) is 0 Å². The molecule has 2 aromatic rings. The minimum absolute atomic E-state index is 0.246. The molecule has 5 nitrogen and oxygen atoms in total. The van der Waals surface area contributed by atoms with Gasteiger partial charge in [0.2, 0.25) is 5.95 Å². The molecule has 0 aliphatic carbocycles. The van der Waals surface area contributed by atoms with Gasteiger partial charge in [-0.05, 0) is 23.8 Å². The summed E-state index contributed by atoms with van der Waals surface area (Å²) in [6.45, 7) is 0. The molecule has 0 spiro atoms. The normalized spacial score (nSPS) is 15.0. The first kappa shape index (κ1) is 9.98. The molecule has 0 atom stereocenters. The van der Waals surface area contributed by atoms with E-state index in [0.717, 1.165) is 17.1 Å². The minimum atomic E-state index is 0.246. The number of thioether (sulfide) groups is 1. The van der Waals surface area contributed by atoms with E-state index in [9.17, 15) is 0 Å². The maximum absolute atomic E-state index is 5.76. The zero-order chi connectivity index (χ0) is 11.1. The van der Waals surface area contributed by atoms with Gasteiger partial charge in [-0.25, -0.2) is 4.68 Å². The van der Waals surface area contributed by atoms with Crippen molar-refractivity contribution in [3.63, 3.8) is 0 Å². The molecule has 1 aliphatic heterocycles. The number of nitrogens with zero attached hydrogens (tertiary/aromatic N) is 3. The lowest BCUT2D eigenvalue weighted by atomic mass is 10.2. The molecule has 84 valence electrons. The average Bonchev–Trinajstić information content (AvgIpc) is 2.84. The van der Waals surface area contributed by atoms with E-state index in [-0.39, 0.29) is 5.95 Å². The third-order valence-corrected chi connectivity index (χ3v) is 4.81. The van der Waals surface area contributed by atoms with Crippen LogP contribution in [0.2, 0.25) is 0 Å². The summed E-state index contributed by atoms with van der Waals surface area (Å²) in [6, 6.07) is 2.15. The van der Waals surface area contributed by atoms with Crippen LogP contribution in [-0.4, -0.2) is 20.6 Å². The average molecular weight is 253 g/mol. The van der Waals surface area contributed by atoms with E-state index in [2.05, 4.69) is 16.3 Å². The Morgan fingerprint density at radius 2 is 2.25 bits per heavy atom. The summed E-state index contributed by atoms with van der Waals surface area (Å²) >= 11 is 3.71. The molecule has 0 radical (unpaired) electrons. The Bertz CT molecular complexity index is 506. The molecular weight excluding hydrogens is 242 g/mol. The second kappa shape index (κ2) is 3.67. The van der Waals surface area contributed by atoms with E-state index >= 15 is 0 Å². The molecule has 3 heterocycles. The van der Waals surface area contributed by atoms with Crippen molar-refractivity contribution in [3.8, 4) is 10.7 Å². The van der Waals surface area contributed by atoms with Crippen LogP contribution < -0.4 is 11.6 Å². The lowest BCUT2D eigenvalue weighted by Gasteiger charge is -2.08. The van der Waals surface area contributed by atoms with Crippen molar-refractivity contribution in [2.45, 2.75) is 12.2 Å². The van der Waals surface area contributed by atoms with Gasteiger partial charge in [-0.2, -0.15) is 11.8 Å². The molecule has 0 fully saturated rings. The Labute approximate surface area is 101 Å². The van der Waals surface area contributed by atoms with Crippen molar-refractivity contribution in [2.24, 2.45) is 0 Å². The van der Waals surface area contributed by atoms with Gasteiger partial charge in [-0.15, -0.1) is 21.5 Å². The first-order valence-corrected chi connectivity index (χ1v) is 6.88. The van der Waals surface area contributed by atoms with Crippen molar-refractivity contribution in [2.75, 3.05) is 17.3 Å². The van der Waals surface area contributed by atoms with Crippen LogP contribution in [0.25, 0.3) is 10.7 Å². The van der Waals surface area contributed by atoms with Crippen LogP contribution in [0.5, 0.6) is 0 Å². The molecule has 3 rings (SSSR count). The number of hydrogen-bond donors (Lipinski definition) is 2. The lowest BCUT2D eigenvalue weighted by Crippen LogP contribution is -2.12. The minimum Gasteiger partial charge on any atom is -0.366 e. The quantitative estimate of drug-likeness (QED) is 0.743. The number of aromatic nitrogens is 3. The van der Waals surface area contributed by atoms with Gasteiger partial charge in [-0.1, -0.05) is 0 Å². The van der Waals surface area contributed by atoms with Gasteiger partial charge in [0.15, 0.2) is 5.82 Å². The number of hydrogen-bond acceptors (Lipinski definition) is 6. The molecule has 7 heteroatoms. The number of aryl methyl sites for hydroxylation is 1. The highest BCUT2D eigenvalue weighted by molar-refractivity contribution is 7.98. The Hall–Kier alpha value is -1.21. The van der Waals surface area contributed by atoms with E-state index in [4.69, 9.17) is 11.6 Å². The fourth-order valence-electron chi connectivity index (χ4n) is 1.73. The Balaban J connectivity index is 2.07. The predicted molar refractivity (Wildman–Crippen MR) is 67.8 cm³/mol. The molecule has 0 saturated heterocycles.